The predicted octanol–water partition coefficient (Wildman–Crippen LogP) is 3.24. The molecule has 4 rings (SSSR count). The molecule has 2 unspecified atom stereocenters. The maximum Gasteiger partial charge on any atom is 0.186 e. The molecule has 2 aromatic carbocycles. The molecule has 0 aliphatic carbocycles. The van der Waals surface area contributed by atoms with Crippen LogP contribution in [0, 0.1) is 0 Å². The highest BCUT2D eigenvalue weighted by Gasteiger charge is 2.48. The Balaban J connectivity index is 1.59. The van der Waals surface area contributed by atoms with Gasteiger partial charge >= 0.3 is 0 Å². The second-order valence-electron chi connectivity index (χ2n) is 6.67. The lowest BCUT2D eigenvalue weighted by Crippen LogP contribution is -2.58. The highest BCUT2D eigenvalue weighted by atomic mass is 35.5. The van der Waals surface area contributed by atoms with E-state index in [1.807, 2.05) is 24.3 Å². The fourth-order valence-corrected chi connectivity index (χ4v) is 3.87. The van der Waals surface area contributed by atoms with Crippen LogP contribution in [0.4, 0.5) is 0 Å². The van der Waals surface area contributed by atoms with E-state index in [1.165, 1.54) is 0 Å². The molecule has 6 nitrogen and oxygen atoms in total. The number of hydrogen-bond donors (Lipinski definition) is 2. The second kappa shape index (κ2) is 8.65. The van der Waals surface area contributed by atoms with E-state index in [-0.39, 0.29) is 6.61 Å². The molecule has 8 heteroatoms. The van der Waals surface area contributed by atoms with Crippen molar-refractivity contribution in [1.82, 2.24) is 0 Å². The van der Waals surface area contributed by atoms with E-state index in [0.717, 1.165) is 0 Å². The average Bonchev–Trinajstić information content (AvgIpc) is 2.73. The molecule has 2 fully saturated rings. The standard InChI is InChI=1S/C20H20Cl2O6/c21-13-7-3-1-5-11(13)19-25-10-16-18(28-19)17(15(24)9-23)27-20(26-16)12-6-2-4-8-14(12)22/h1-8,15-20,23-24H,9-10H2/t15-,16+,17-,18-,19?,20?/m1/s1. The molecule has 2 N–H and O–H groups in total. The average molecular weight is 427 g/mol. The van der Waals surface area contributed by atoms with Crippen molar-refractivity contribution in [3.8, 4) is 0 Å². The quantitative estimate of drug-likeness (QED) is 0.781. The molecule has 28 heavy (non-hydrogen) atoms. The lowest BCUT2D eigenvalue weighted by atomic mass is 9.99. The third-order valence-electron chi connectivity index (χ3n) is 4.85. The normalized spacial score (nSPS) is 31.2. The van der Waals surface area contributed by atoms with E-state index in [4.69, 9.17) is 42.1 Å². The van der Waals surface area contributed by atoms with Crippen molar-refractivity contribution in [2.75, 3.05) is 13.2 Å². The Morgan fingerprint density at radius 1 is 0.893 bits per heavy atom. The summed E-state index contributed by atoms with van der Waals surface area (Å²) in [6, 6.07) is 14.3. The van der Waals surface area contributed by atoms with Gasteiger partial charge in [-0.3, -0.25) is 0 Å². The molecule has 0 saturated carbocycles. The topological polar surface area (TPSA) is 77.4 Å². The van der Waals surface area contributed by atoms with E-state index in [0.29, 0.717) is 21.2 Å². The highest BCUT2D eigenvalue weighted by molar-refractivity contribution is 6.31. The van der Waals surface area contributed by atoms with E-state index < -0.39 is 43.6 Å². The van der Waals surface area contributed by atoms with E-state index >= 15 is 0 Å². The zero-order chi connectivity index (χ0) is 19.7. The monoisotopic (exact) mass is 426 g/mol. The molecule has 0 radical (unpaired) electrons. The van der Waals surface area contributed by atoms with Crippen LogP contribution in [0.25, 0.3) is 0 Å². The first-order valence-corrected chi connectivity index (χ1v) is 9.70. The minimum absolute atomic E-state index is 0.208. The van der Waals surface area contributed by atoms with Crippen molar-refractivity contribution < 1.29 is 29.2 Å². The van der Waals surface area contributed by atoms with Gasteiger partial charge in [0.1, 0.15) is 24.4 Å². The van der Waals surface area contributed by atoms with E-state index in [9.17, 15) is 10.2 Å². The summed E-state index contributed by atoms with van der Waals surface area (Å²) in [4.78, 5) is 0. The number of fused-ring (bicyclic) bond motifs is 1. The smallest absolute Gasteiger partial charge is 0.186 e. The summed E-state index contributed by atoms with van der Waals surface area (Å²) in [6.07, 6.45) is -4.71. The van der Waals surface area contributed by atoms with Crippen molar-refractivity contribution in [3.63, 3.8) is 0 Å². The second-order valence-corrected chi connectivity index (χ2v) is 7.48. The van der Waals surface area contributed by atoms with Gasteiger partial charge in [-0.15, -0.1) is 0 Å². The number of ether oxygens (including phenoxy) is 4. The number of rotatable bonds is 4. The van der Waals surface area contributed by atoms with Crippen molar-refractivity contribution in [2.45, 2.75) is 37.0 Å². The maximum atomic E-state index is 10.4. The van der Waals surface area contributed by atoms with Crippen molar-refractivity contribution in [2.24, 2.45) is 0 Å². The molecule has 0 aromatic heterocycles. The minimum Gasteiger partial charge on any atom is -0.394 e. The molecule has 6 atom stereocenters. The molecular formula is C20H20Cl2O6. The Morgan fingerprint density at radius 3 is 2.11 bits per heavy atom. The van der Waals surface area contributed by atoms with Gasteiger partial charge in [0.25, 0.3) is 0 Å². The van der Waals surface area contributed by atoms with Gasteiger partial charge in [-0.2, -0.15) is 0 Å². The number of halogens is 2. The largest absolute Gasteiger partial charge is 0.394 e. The van der Waals surface area contributed by atoms with E-state index in [2.05, 4.69) is 0 Å². The summed E-state index contributed by atoms with van der Waals surface area (Å²) >= 11 is 12.5. The van der Waals surface area contributed by atoms with Gasteiger partial charge in [-0.1, -0.05) is 59.6 Å². The SMILES string of the molecule is OC[C@@H](O)[C@H]1OC(c2ccccc2Cl)O[C@H]2COC(c3ccccc3Cl)O[C@@H]12. The number of aliphatic hydroxyl groups is 2. The molecule has 2 aliphatic heterocycles. The Morgan fingerprint density at radius 2 is 1.50 bits per heavy atom. The maximum absolute atomic E-state index is 10.4. The van der Waals surface area contributed by atoms with Crippen molar-refractivity contribution in [1.29, 1.82) is 0 Å². The molecular weight excluding hydrogens is 407 g/mol. The van der Waals surface area contributed by atoms with Gasteiger partial charge in [0.2, 0.25) is 0 Å². The van der Waals surface area contributed by atoms with Gasteiger partial charge in [0, 0.05) is 21.2 Å². The Labute approximate surface area is 172 Å². The third-order valence-corrected chi connectivity index (χ3v) is 5.53. The van der Waals surface area contributed by atoms with Gasteiger partial charge in [0.15, 0.2) is 12.6 Å². The number of aliphatic hydroxyl groups excluding tert-OH is 2. The Bertz CT molecular complexity index is 817. The van der Waals surface area contributed by atoms with Crippen LogP contribution in [0.2, 0.25) is 10.0 Å². The molecule has 2 aliphatic rings. The lowest BCUT2D eigenvalue weighted by Gasteiger charge is -2.47. The van der Waals surface area contributed by atoms with Crippen molar-refractivity contribution >= 4 is 23.2 Å². The molecule has 2 heterocycles. The highest BCUT2D eigenvalue weighted by Crippen LogP contribution is 2.41. The fourth-order valence-electron chi connectivity index (χ4n) is 3.42. The first kappa shape index (κ1) is 20.1. The Kier molecular flexibility index (Phi) is 6.20. The van der Waals surface area contributed by atoms with Crippen LogP contribution in [-0.2, 0) is 18.9 Å². The van der Waals surface area contributed by atoms with Crippen LogP contribution in [0.15, 0.2) is 48.5 Å². The molecule has 2 aromatic rings. The van der Waals surface area contributed by atoms with Gasteiger partial charge in [0.05, 0.1) is 13.2 Å². The third kappa shape index (κ3) is 3.92. The summed E-state index contributed by atoms with van der Waals surface area (Å²) in [5.41, 5.74) is 1.30. The summed E-state index contributed by atoms with van der Waals surface area (Å²) in [7, 11) is 0. The number of benzene rings is 2. The summed E-state index contributed by atoms with van der Waals surface area (Å²) < 4.78 is 23.8. The van der Waals surface area contributed by atoms with Crippen LogP contribution in [0.1, 0.15) is 23.7 Å². The van der Waals surface area contributed by atoms with Crippen LogP contribution < -0.4 is 0 Å². The van der Waals surface area contributed by atoms with Crippen LogP contribution in [-0.4, -0.2) is 47.8 Å². The molecule has 2 saturated heterocycles. The van der Waals surface area contributed by atoms with Crippen LogP contribution in [0.5, 0.6) is 0 Å². The van der Waals surface area contributed by atoms with Gasteiger partial charge in [-0.25, -0.2) is 0 Å². The molecule has 0 amide bonds. The van der Waals surface area contributed by atoms with Crippen LogP contribution in [0.3, 0.4) is 0 Å². The van der Waals surface area contributed by atoms with Gasteiger partial charge in [-0.05, 0) is 12.1 Å². The minimum atomic E-state index is -1.16. The summed E-state index contributed by atoms with van der Waals surface area (Å²) in [6.45, 7) is -0.274. The zero-order valence-corrected chi connectivity index (χ0v) is 16.3. The molecule has 0 spiro atoms. The number of hydrogen-bond acceptors (Lipinski definition) is 6. The lowest BCUT2D eigenvalue weighted by molar-refractivity contribution is -0.373. The zero-order valence-electron chi connectivity index (χ0n) is 14.8. The summed E-state index contributed by atoms with van der Waals surface area (Å²) in [5.74, 6) is 0. The van der Waals surface area contributed by atoms with Crippen molar-refractivity contribution in [3.05, 3.63) is 69.7 Å². The summed E-state index contributed by atoms with van der Waals surface area (Å²) in [5, 5.41) is 20.9. The molecule has 0 bridgehead atoms. The first-order valence-electron chi connectivity index (χ1n) is 8.94. The van der Waals surface area contributed by atoms with E-state index in [1.54, 1.807) is 24.3 Å². The molecule has 150 valence electrons. The van der Waals surface area contributed by atoms with Crippen LogP contribution >= 0.6 is 23.2 Å². The van der Waals surface area contributed by atoms with Gasteiger partial charge < -0.3 is 29.2 Å². The first-order chi connectivity index (χ1) is 13.6. The fraction of sp³-hybridized carbons (Fsp3) is 0.400. The predicted molar refractivity (Wildman–Crippen MR) is 102 cm³/mol. The Hall–Kier alpha value is -1.22.